The summed E-state index contributed by atoms with van der Waals surface area (Å²) in [5.41, 5.74) is 3.38. The van der Waals surface area contributed by atoms with Crippen LogP contribution >= 0.6 is 0 Å². The van der Waals surface area contributed by atoms with E-state index in [0.29, 0.717) is 25.1 Å². The molecule has 4 aromatic rings. The highest BCUT2D eigenvalue weighted by Gasteiger charge is 2.23. The van der Waals surface area contributed by atoms with Crippen LogP contribution in [0.4, 0.5) is 0 Å². The number of aromatic nitrogens is 1. The number of amidine groups is 1. The highest BCUT2D eigenvalue weighted by molar-refractivity contribution is 7.55. The van der Waals surface area contributed by atoms with Crippen LogP contribution in [-0.4, -0.2) is 32.9 Å². The smallest absolute Gasteiger partial charge is 0.251 e. The largest absolute Gasteiger partial charge is 0.348 e. The number of carbonyl (C=O) groups excluding carboxylic acids is 2. The molecule has 0 unspecified atom stereocenters. The summed E-state index contributed by atoms with van der Waals surface area (Å²) in [4.78, 5) is 30.9. The predicted octanol–water partition coefficient (Wildman–Crippen LogP) is 5.04. The Balaban J connectivity index is 1.40. The molecule has 1 heterocycles. The highest BCUT2D eigenvalue weighted by Crippen LogP contribution is 2.24. The Kier molecular flexibility index (Phi) is 11.2. The number of nitrogens with one attached hydrogen (secondary N) is 4. The Morgan fingerprint density at radius 2 is 1.69 bits per heavy atom. The lowest BCUT2D eigenvalue weighted by Crippen LogP contribution is -2.47. The van der Waals surface area contributed by atoms with Gasteiger partial charge < -0.3 is 16.0 Å². The summed E-state index contributed by atoms with van der Waals surface area (Å²) < 4.78 is 14.1. The summed E-state index contributed by atoms with van der Waals surface area (Å²) >= 11 is -0.0117. The van der Waals surface area contributed by atoms with Gasteiger partial charge in [-0.2, -0.15) is 4.21 Å². The molecule has 3 aromatic carbocycles. The van der Waals surface area contributed by atoms with Gasteiger partial charge in [-0.15, -0.1) is 4.36 Å². The van der Waals surface area contributed by atoms with E-state index in [-0.39, 0.29) is 48.0 Å². The monoisotopic (exact) mass is 582 g/mol. The zero-order valence-electron chi connectivity index (χ0n) is 23.4. The van der Waals surface area contributed by atoms with Crippen LogP contribution in [0.5, 0.6) is 0 Å². The molecule has 2 atom stereocenters. The van der Waals surface area contributed by atoms with E-state index in [1.165, 1.54) is 0 Å². The van der Waals surface area contributed by atoms with E-state index < -0.39 is 6.04 Å². The molecular formula is C32H34N6O3S. The van der Waals surface area contributed by atoms with Crippen LogP contribution in [0.2, 0.25) is 0 Å². The molecule has 216 valence electrons. The van der Waals surface area contributed by atoms with Gasteiger partial charge in [0.05, 0.1) is 11.7 Å². The number of rotatable bonds is 13. The van der Waals surface area contributed by atoms with Crippen LogP contribution in [0.1, 0.15) is 59.4 Å². The van der Waals surface area contributed by atoms with Gasteiger partial charge in [0.25, 0.3) is 5.91 Å². The van der Waals surface area contributed by atoms with Gasteiger partial charge >= 0.3 is 0 Å². The Labute approximate surface area is 248 Å². The molecule has 0 spiro atoms. The zero-order chi connectivity index (χ0) is 29.7. The van der Waals surface area contributed by atoms with Gasteiger partial charge in [0, 0.05) is 31.3 Å². The zero-order valence-corrected chi connectivity index (χ0v) is 24.2. The van der Waals surface area contributed by atoms with Crippen molar-refractivity contribution in [3.63, 3.8) is 0 Å². The first-order valence-electron chi connectivity index (χ1n) is 13.8. The molecule has 0 radical (unpaired) electrons. The van der Waals surface area contributed by atoms with Crippen LogP contribution in [-0.2, 0) is 29.3 Å². The number of benzene rings is 3. The van der Waals surface area contributed by atoms with Crippen molar-refractivity contribution in [2.24, 2.45) is 4.36 Å². The number of fused-ring (bicyclic) bond motifs is 1. The lowest BCUT2D eigenvalue weighted by molar-refractivity contribution is -0.123. The molecule has 0 bridgehead atoms. The van der Waals surface area contributed by atoms with Gasteiger partial charge in [0.1, 0.15) is 11.9 Å². The highest BCUT2D eigenvalue weighted by atomic mass is 32.1. The van der Waals surface area contributed by atoms with Gasteiger partial charge in [-0.25, -0.2) is 0 Å². The Hall–Kier alpha value is -4.54. The van der Waals surface area contributed by atoms with Crippen LogP contribution in [0.25, 0.3) is 10.8 Å². The minimum absolute atomic E-state index is 0.0117. The summed E-state index contributed by atoms with van der Waals surface area (Å²) in [7, 11) is 0. The third kappa shape index (κ3) is 8.73. The molecule has 9 nitrogen and oxygen atoms in total. The van der Waals surface area contributed by atoms with Crippen molar-refractivity contribution in [3.05, 3.63) is 114 Å². The maximum atomic E-state index is 13.5. The van der Waals surface area contributed by atoms with Crippen LogP contribution < -0.4 is 16.0 Å². The first-order chi connectivity index (χ1) is 20.4. The van der Waals surface area contributed by atoms with Crippen LogP contribution in [0, 0.1) is 5.41 Å². The molecule has 2 amide bonds. The van der Waals surface area contributed by atoms with E-state index in [4.69, 9.17) is 5.41 Å². The normalized spacial score (nSPS) is 12.2. The first kappa shape index (κ1) is 30.4. The fourth-order valence-electron chi connectivity index (χ4n) is 4.71. The minimum atomic E-state index is -0.831. The molecule has 10 heteroatoms. The molecular weight excluding hydrogens is 548 g/mol. The fraction of sp³-hybridized carbons (Fsp3) is 0.250. The number of hydrogen-bond acceptors (Lipinski definition) is 6. The van der Waals surface area contributed by atoms with Crippen LogP contribution in [0.3, 0.4) is 0 Å². The number of carbonyl (C=O) groups is 2. The van der Waals surface area contributed by atoms with Crippen LogP contribution in [0.15, 0.2) is 95.5 Å². The van der Waals surface area contributed by atoms with E-state index in [2.05, 4.69) is 25.3 Å². The van der Waals surface area contributed by atoms with Gasteiger partial charge in [-0.05, 0) is 65.9 Å². The summed E-state index contributed by atoms with van der Waals surface area (Å²) in [5, 5.41) is 19.1. The van der Waals surface area contributed by atoms with Crippen molar-refractivity contribution in [2.75, 3.05) is 0 Å². The first-order valence-corrected chi connectivity index (χ1v) is 14.5. The molecule has 4 rings (SSSR count). The topological polar surface area (TPSA) is 136 Å². The minimum Gasteiger partial charge on any atom is -0.348 e. The fourth-order valence-corrected chi connectivity index (χ4v) is 4.89. The van der Waals surface area contributed by atoms with Crippen molar-refractivity contribution in [1.82, 2.24) is 20.9 Å². The van der Waals surface area contributed by atoms with E-state index in [9.17, 15) is 13.8 Å². The molecule has 0 saturated heterocycles. The second kappa shape index (κ2) is 15.5. The third-order valence-electron chi connectivity index (χ3n) is 6.90. The SMILES string of the molecule is C[C@H](NC(=O)[C@H](CCCC(=N)N=S=O)NC(=O)c1ccc(CNCc2ccccn2)cc1)c1cccc2ccccc12. The van der Waals surface area contributed by atoms with Crippen molar-refractivity contribution in [1.29, 1.82) is 5.41 Å². The number of amides is 2. The summed E-state index contributed by atoms with van der Waals surface area (Å²) in [6.07, 6.45) is 2.68. The second-order valence-corrected chi connectivity index (χ2v) is 10.3. The average Bonchev–Trinajstić information content (AvgIpc) is 3.01. The van der Waals surface area contributed by atoms with Gasteiger partial charge in [-0.1, -0.05) is 60.7 Å². The molecule has 4 N–H and O–H groups in total. The van der Waals surface area contributed by atoms with E-state index in [0.717, 1.165) is 27.6 Å². The van der Waals surface area contributed by atoms with Gasteiger partial charge in [-0.3, -0.25) is 20.0 Å². The molecule has 0 saturated carbocycles. The molecule has 42 heavy (non-hydrogen) atoms. The number of nitrogens with zero attached hydrogens (tertiary/aromatic N) is 2. The van der Waals surface area contributed by atoms with Crippen molar-refractivity contribution in [3.8, 4) is 0 Å². The van der Waals surface area contributed by atoms with E-state index >= 15 is 0 Å². The summed E-state index contributed by atoms with van der Waals surface area (Å²) in [5.74, 6) is -0.728. The predicted molar refractivity (Wildman–Crippen MR) is 165 cm³/mol. The molecule has 0 fully saturated rings. The summed E-state index contributed by atoms with van der Waals surface area (Å²) in [6.45, 7) is 3.17. The standard InChI is InChI=1S/C32H34N6O3S/c1-22(27-12-6-9-24-8-2-3-11-28(24)27)36-32(40)29(13-7-14-30(33)38-42-41)37-31(39)25-17-15-23(16-18-25)20-34-21-26-10-4-5-19-35-26/h2-6,8-12,15-19,22,29,33-34H,7,13-14,20-21H2,1H3,(H,36,40)(H,37,39)/t22-,29-/m0/s1. The molecule has 1 aromatic heterocycles. The second-order valence-electron chi connectivity index (χ2n) is 9.95. The lowest BCUT2D eigenvalue weighted by Gasteiger charge is -2.22. The Bertz CT molecular complexity index is 1570. The van der Waals surface area contributed by atoms with E-state index in [1.807, 2.05) is 79.7 Å². The lowest BCUT2D eigenvalue weighted by atomic mass is 9.99. The average molecular weight is 583 g/mol. The van der Waals surface area contributed by atoms with Crippen molar-refractivity contribution < 1.29 is 13.8 Å². The maximum absolute atomic E-state index is 13.5. The summed E-state index contributed by atoms with van der Waals surface area (Å²) in [6, 6.07) is 25.8. The van der Waals surface area contributed by atoms with Crippen molar-refractivity contribution >= 4 is 39.9 Å². The van der Waals surface area contributed by atoms with Gasteiger partial charge in [0.15, 0.2) is 0 Å². The van der Waals surface area contributed by atoms with Gasteiger partial charge in [0.2, 0.25) is 17.4 Å². The van der Waals surface area contributed by atoms with Crippen molar-refractivity contribution in [2.45, 2.75) is 51.4 Å². The van der Waals surface area contributed by atoms with E-state index in [1.54, 1.807) is 18.3 Å². The Morgan fingerprint density at radius 3 is 2.45 bits per heavy atom. The molecule has 0 aliphatic carbocycles. The number of pyridine rings is 1. The molecule has 0 aliphatic rings. The molecule has 0 aliphatic heterocycles. The number of hydrogen-bond donors (Lipinski definition) is 4. The quantitative estimate of drug-likeness (QED) is 0.129. The third-order valence-corrected chi connectivity index (χ3v) is 7.20. The Morgan fingerprint density at radius 1 is 0.929 bits per heavy atom. The maximum Gasteiger partial charge on any atom is 0.251 e.